The minimum absolute atomic E-state index is 0.0379. The number of thioether (sulfide) groups is 1. The number of carbonyl (C=O) groups is 1. The predicted molar refractivity (Wildman–Crippen MR) is 54.2 cm³/mol. The maximum Gasteiger partial charge on any atom is 0.285 e. The number of aromatic nitrogens is 1. The molecule has 0 fully saturated rings. The van der Waals surface area contributed by atoms with E-state index in [9.17, 15) is 4.79 Å². The van der Waals surface area contributed by atoms with E-state index in [2.05, 4.69) is 4.98 Å². The summed E-state index contributed by atoms with van der Waals surface area (Å²) in [5.41, 5.74) is 0. The van der Waals surface area contributed by atoms with Gasteiger partial charge in [0.2, 0.25) is 0 Å². The molecule has 1 rings (SSSR count). The molecule has 1 heterocycles. The molecule has 0 atom stereocenters. The smallest absolute Gasteiger partial charge is 0.285 e. The van der Waals surface area contributed by atoms with E-state index >= 15 is 0 Å². The van der Waals surface area contributed by atoms with Crippen molar-refractivity contribution in [2.45, 2.75) is 4.90 Å². The number of amides is 1. The molecule has 0 spiro atoms. The van der Waals surface area contributed by atoms with Crippen molar-refractivity contribution in [1.82, 2.24) is 9.88 Å². The molecule has 13 heavy (non-hydrogen) atoms. The number of halogens is 1. The third-order valence-electron chi connectivity index (χ3n) is 1.25. The van der Waals surface area contributed by atoms with Crippen LogP contribution < -0.4 is 0 Å². The molecule has 0 bridgehead atoms. The van der Waals surface area contributed by atoms with Crippen molar-refractivity contribution in [3.8, 4) is 0 Å². The molecule has 0 radical (unpaired) electrons. The van der Waals surface area contributed by atoms with Crippen LogP contribution in [0.25, 0.3) is 0 Å². The summed E-state index contributed by atoms with van der Waals surface area (Å²) in [6.07, 6.45) is 3.14. The molecule has 0 aliphatic heterocycles. The van der Waals surface area contributed by atoms with E-state index < -0.39 is 0 Å². The van der Waals surface area contributed by atoms with Crippen LogP contribution in [0.4, 0.5) is 4.79 Å². The first-order valence-corrected chi connectivity index (χ1v) is 4.78. The van der Waals surface area contributed by atoms with Crippen LogP contribution in [-0.4, -0.2) is 29.2 Å². The van der Waals surface area contributed by atoms with Gasteiger partial charge >= 0.3 is 0 Å². The summed E-state index contributed by atoms with van der Waals surface area (Å²) in [4.78, 5) is 17.4. The Balaban J connectivity index is 2.69. The molecule has 0 saturated carbocycles. The van der Waals surface area contributed by atoms with Crippen molar-refractivity contribution in [3.63, 3.8) is 0 Å². The van der Waals surface area contributed by atoms with Crippen LogP contribution in [0, 0.1) is 0 Å². The molecule has 0 saturated heterocycles. The second-order valence-corrected chi connectivity index (χ2v) is 4.06. The van der Waals surface area contributed by atoms with Gasteiger partial charge in [0.05, 0.1) is 5.02 Å². The van der Waals surface area contributed by atoms with Crippen LogP contribution in [0.15, 0.2) is 23.4 Å². The van der Waals surface area contributed by atoms with Gasteiger partial charge in [-0.1, -0.05) is 11.6 Å². The van der Waals surface area contributed by atoms with Gasteiger partial charge in [-0.25, -0.2) is 0 Å². The lowest BCUT2D eigenvalue weighted by molar-refractivity contribution is 0.241. The van der Waals surface area contributed by atoms with Gasteiger partial charge < -0.3 is 4.90 Å². The summed E-state index contributed by atoms with van der Waals surface area (Å²) < 4.78 is 0. The lowest BCUT2D eigenvalue weighted by Crippen LogP contribution is -2.15. The van der Waals surface area contributed by atoms with Crippen molar-refractivity contribution in [2.24, 2.45) is 0 Å². The fraction of sp³-hybridized carbons (Fsp3) is 0.250. The van der Waals surface area contributed by atoms with E-state index in [1.165, 1.54) is 11.1 Å². The van der Waals surface area contributed by atoms with Crippen LogP contribution in [-0.2, 0) is 0 Å². The summed E-state index contributed by atoms with van der Waals surface area (Å²) in [5, 5.41) is 0.501. The maximum atomic E-state index is 11.2. The summed E-state index contributed by atoms with van der Waals surface area (Å²) in [5.74, 6) is 0. The minimum atomic E-state index is -0.0379. The van der Waals surface area contributed by atoms with Crippen LogP contribution >= 0.6 is 23.4 Å². The molecule has 0 aromatic carbocycles. The predicted octanol–water partition coefficient (Wildman–Crippen LogP) is 2.51. The number of nitrogens with zero attached hydrogens (tertiary/aromatic N) is 2. The van der Waals surface area contributed by atoms with Crippen LogP contribution in [0.2, 0.25) is 5.02 Å². The van der Waals surface area contributed by atoms with Gasteiger partial charge in [-0.3, -0.25) is 9.78 Å². The molecule has 0 aliphatic carbocycles. The van der Waals surface area contributed by atoms with E-state index in [4.69, 9.17) is 11.6 Å². The van der Waals surface area contributed by atoms with Crippen molar-refractivity contribution in [2.75, 3.05) is 14.1 Å². The van der Waals surface area contributed by atoms with Crippen LogP contribution in [0.3, 0.4) is 0 Å². The van der Waals surface area contributed by atoms with E-state index in [0.717, 1.165) is 16.7 Å². The SMILES string of the molecule is CN(C)C(=O)Sc1cncc(Cl)c1. The molecule has 1 amide bonds. The Morgan fingerprint density at radius 2 is 2.23 bits per heavy atom. The summed E-state index contributed by atoms with van der Waals surface area (Å²) in [6.45, 7) is 0. The Hall–Kier alpha value is -0.740. The molecular weight excluding hydrogens is 208 g/mol. The zero-order chi connectivity index (χ0) is 9.84. The number of pyridine rings is 1. The summed E-state index contributed by atoms with van der Waals surface area (Å²) >= 11 is 6.81. The van der Waals surface area contributed by atoms with Crippen LogP contribution in [0.5, 0.6) is 0 Å². The average molecular weight is 217 g/mol. The number of rotatable bonds is 1. The standard InChI is InChI=1S/C8H9ClN2OS/c1-11(2)8(12)13-7-3-6(9)4-10-5-7/h3-5H,1-2H3. The summed E-state index contributed by atoms with van der Waals surface area (Å²) in [6, 6.07) is 1.71. The van der Waals surface area contributed by atoms with Crippen molar-refractivity contribution < 1.29 is 4.79 Å². The molecule has 1 aromatic rings. The van der Waals surface area contributed by atoms with E-state index in [-0.39, 0.29) is 5.24 Å². The lowest BCUT2D eigenvalue weighted by atomic mass is 10.5. The highest BCUT2D eigenvalue weighted by Crippen LogP contribution is 2.21. The number of hydrogen-bond acceptors (Lipinski definition) is 3. The van der Waals surface area contributed by atoms with Gasteiger partial charge in [0.15, 0.2) is 0 Å². The van der Waals surface area contributed by atoms with Crippen molar-refractivity contribution in [3.05, 3.63) is 23.5 Å². The fourth-order valence-electron chi connectivity index (χ4n) is 0.640. The first-order valence-electron chi connectivity index (χ1n) is 3.59. The Bertz CT molecular complexity index is 317. The van der Waals surface area contributed by atoms with Crippen LogP contribution in [0.1, 0.15) is 0 Å². The highest BCUT2D eigenvalue weighted by Gasteiger charge is 2.06. The molecule has 5 heteroatoms. The van der Waals surface area contributed by atoms with Gasteiger partial charge in [0, 0.05) is 31.4 Å². The second-order valence-electron chi connectivity index (χ2n) is 2.60. The van der Waals surface area contributed by atoms with Gasteiger partial charge in [0.1, 0.15) is 0 Å². The third-order valence-corrected chi connectivity index (χ3v) is 2.46. The molecule has 70 valence electrons. The molecule has 1 aromatic heterocycles. The Morgan fingerprint density at radius 1 is 1.54 bits per heavy atom. The monoisotopic (exact) mass is 216 g/mol. The largest absolute Gasteiger partial charge is 0.339 e. The zero-order valence-electron chi connectivity index (χ0n) is 7.32. The topological polar surface area (TPSA) is 33.2 Å². The minimum Gasteiger partial charge on any atom is -0.339 e. The van der Waals surface area contributed by atoms with E-state index in [0.29, 0.717) is 5.02 Å². The molecule has 3 nitrogen and oxygen atoms in total. The molecule has 0 N–H and O–H groups in total. The highest BCUT2D eigenvalue weighted by molar-refractivity contribution is 8.13. The normalized spacial score (nSPS) is 9.77. The van der Waals surface area contributed by atoms with Gasteiger partial charge in [0.25, 0.3) is 5.24 Å². The quantitative estimate of drug-likeness (QED) is 0.677. The number of hydrogen-bond donors (Lipinski definition) is 0. The Kier molecular flexibility index (Phi) is 3.57. The third kappa shape index (κ3) is 3.24. The van der Waals surface area contributed by atoms with Gasteiger partial charge in [-0.05, 0) is 17.8 Å². The second kappa shape index (κ2) is 4.48. The fourth-order valence-corrected chi connectivity index (χ4v) is 1.56. The molecule has 0 aliphatic rings. The Labute approximate surface area is 86.1 Å². The zero-order valence-corrected chi connectivity index (χ0v) is 8.89. The van der Waals surface area contributed by atoms with Gasteiger partial charge in [-0.15, -0.1) is 0 Å². The first kappa shape index (κ1) is 10.3. The van der Waals surface area contributed by atoms with Crippen molar-refractivity contribution >= 4 is 28.6 Å². The maximum absolute atomic E-state index is 11.2. The molecule has 0 unspecified atom stereocenters. The highest BCUT2D eigenvalue weighted by atomic mass is 35.5. The summed E-state index contributed by atoms with van der Waals surface area (Å²) in [7, 11) is 3.40. The van der Waals surface area contributed by atoms with Gasteiger partial charge in [-0.2, -0.15) is 0 Å². The Morgan fingerprint density at radius 3 is 2.77 bits per heavy atom. The average Bonchev–Trinajstić information content (AvgIpc) is 2.04. The van der Waals surface area contributed by atoms with Crippen molar-refractivity contribution in [1.29, 1.82) is 0 Å². The number of carbonyl (C=O) groups excluding carboxylic acids is 1. The molecular formula is C8H9ClN2OS. The van der Waals surface area contributed by atoms with E-state index in [1.807, 2.05) is 0 Å². The lowest BCUT2D eigenvalue weighted by Gasteiger charge is -2.08. The van der Waals surface area contributed by atoms with E-state index in [1.54, 1.807) is 26.4 Å². The first-order chi connectivity index (χ1) is 6.09.